The smallest absolute Gasteiger partial charge is 0.162 e. The van der Waals surface area contributed by atoms with Gasteiger partial charge in [-0.05, 0) is 63.8 Å². The Morgan fingerprint density at radius 3 is 1.10 bits per heavy atom. The molecule has 0 atom stereocenters. The van der Waals surface area contributed by atoms with Gasteiger partial charge in [0.1, 0.15) is 23.0 Å². The van der Waals surface area contributed by atoms with Crippen LogP contribution in [0.5, 0.6) is 0 Å². The van der Waals surface area contributed by atoms with E-state index in [1.165, 1.54) is 48.7 Å². The molecule has 0 N–H and O–H groups in total. The molecule has 0 saturated carbocycles. The predicted octanol–water partition coefficient (Wildman–Crippen LogP) is -2.54. The molecule has 0 spiro atoms. The van der Waals surface area contributed by atoms with Crippen LogP contribution in [0.1, 0.15) is 39.5 Å². The van der Waals surface area contributed by atoms with E-state index in [-0.39, 0.29) is 24.8 Å². The standard InChI is InChI=1S/C16H26S2.2ClH/c1-15(17-11-3-4-12-17)7-9-16(2,10-8-15)18-13-5-6-14-18;;/h7-10H,3-6,11-14H2,1-2H3;2*1H/q+2;;/p-2. The van der Waals surface area contributed by atoms with Crippen LogP contribution in [0.3, 0.4) is 0 Å². The summed E-state index contributed by atoms with van der Waals surface area (Å²) in [5.41, 5.74) is 0. The van der Waals surface area contributed by atoms with E-state index in [9.17, 15) is 0 Å². The second-order valence-corrected chi connectivity index (χ2v) is 11.6. The summed E-state index contributed by atoms with van der Waals surface area (Å²) in [6.45, 7) is 4.93. The van der Waals surface area contributed by atoms with Gasteiger partial charge in [-0.3, -0.25) is 0 Å². The number of rotatable bonds is 2. The quantitative estimate of drug-likeness (QED) is 0.379. The summed E-state index contributed by atoms with van der Waals surface area (Å²) in [6.07, 6.45) is 16.1. The van der Waals surface area contributed by atoms with E-state index >= 15 is 0 Å². The summed E-state index contributed by atoms with van der Waals surface area (Å²) in [6, 6.07) is 0. The van der Waals surface area contributed by atoms with Crippen LogP contribution in [0.2, 0.25) is 0 Å². The minimum Gasteiger partial charge on any atom is -1.00 e. The van der Waals surface area contributed by atoms with Gasteiger partial charge in [0.15, 0.2) is 9.49 Å². The fourth-order valence-electron chi connectivity index (χ4n) is 3.35. The third kappa shape index (κ3) is 3.56. The Morgan fingerprint density at radius 2 is 0.850 bits per heavy atom. The SMILES string of the molecule is CC1([S+]2CCCC2)C=CC(C)([S+]2CCCC2)C=C1.[Cl-].[Cl-]. The Labute approximate surface area is 142 Å². The molecule has 2 heterocycles. The van der Waals surface area contributed by atoms with Crippen molar-refractivity contribution >= 4 is 21.8 Å². The first-order valence-electron chi connectivity index (χ1n) is 7.38. The van der Waals surface area contributed by atoms with Gasteiger partial charge in [0.25, 0.3) is 0 Å². The number of halogens is 2. The van der Waals surface area contributed by atoms with Crippen LogP contribution in [-0.4, -0.2) is 32.5 Å². The largest absolute Gasteiger partial charge is 1.00 e. The Morgan fingerprint density at radius 1 is 0.600 bits per heavy atom. The van der Waals surface area contributed by atoms with Crippen LogP contribution in [0, 0.1) is 0 Å². The van der Waals surface area contributed by atoms with Crippen molar-refractivity contribution in [3.63, 3.8) is 0 Å². The Hall–Kier alpha value is 0.760. The van der Waals surface area contributed by atoms with Gasteiger partial charge in [-0.1, -0.05) is 0 Å². The number of hydrogen-bond acceptors (Lipinski definition) is 0. The van der Waals surface area contributed by atoms with Gasteiger partial charge >= 0.3 is 0 Å². The highest BCUT2D eigenvalue weighted by molar-refractivity contribution is 7.99. The van der Waals surface area contributed by atoms with Crippen molar-refractivity contribution in [1.29, 1.82) is 0 Å². The molecule has 2 fully saturated rings. The predicted molar refractivity (Wildman–Crippen MR) is 87.8 cm³/mol. The van der Waals surface area contributed by atoms with E-state index in [2.05, 4.69) is 38.2 Å². The summed E-state index contributed by atoms with van der Waals surface area (Å²) in [5, 5.41) is 0. The van der Waals surface area contributed by atoms with Gasteiger partial charge in [0.05, 0.1) is 0 Å². The fraction of sp³-hybridized carbons (Fsp3) is 0.750. The molecule has 0 unspecified atom stereocenters. The molecule has 116 valence electrons. The molecule has 0 aromatic carbocycles. The van der Waals surface area contributed by atoms with Crippen molar-refractivity contribution in [2.75, 3.05) is 23.0 Å². The Balaban J connectivity index is 0.000001000. The van der Waals surface area contributed by atoms with Crippen LogP contribution in [0.25, 0.3) is 0 Å². The van der Waals surface area contributed by atoms with Crippen LogP contribution >= 0.6 is 0 Å². The Bertz CT molecular complexity index is 319. The lowest BCUT2D eigenvalue weighted by molar-refractivity contribution is -0.00100. The first-order valence-corrected chi connectivity index (χ1v) is 10.5. The molecule has 0 bridgehead atoms. The summed E-state index contributed by atoms with van der Waals surface area (Å²) >= 11 is 0. The summed E-state index contributed by atoms with van der Waals surface area (Å²) < 4.78 is 0.776. The molecule has 20 heavy (non-hydrogen) atoms. The maximum atomic E-state index is 2.58. The summed E-state index contributed by atoms with van der Waals surface area (Å²) in [5.74, 6) is 5.86. The summed E-state index contributed by atoms with van der Waals surface area (Å²) in [4.78, 5) is 0. The average Bonchev–Trinajstić information content (AvgIpc) is 3.05. The maximum Gasteiger partial charge on any atom is 0.162 e. The van der Waals surface area contributed by atoms with Crippen LogP contribution in [0.4, 0.5) is 0 Å². The zero-order valence-electron chi connectivity index (χ0n) is 12.5. The molecule has 2 saturated heterocycles. The van der Waals surface area contributed by atoms with Gasteiger partial charge in [-0.2, -0.15) is 0 Å². The van der Waals surface area contributed by atoms with Crippen molar-refractivity contribution in [3.8, 4) is 0 Å². The molecule has 1 aliphatic carbocycles. The molecule has 0 radical (unpaired) electrons. The minimum absolute atomic E-state index is 0. The van der Waals surface area contributed by atoms with Crippen molar-refractivity contribution in [3.05, 3.63) is 24.3 Å². The highest BCUT2D eigenvalue weighted by Gasteiger charge is 2.48. The van der Waals surface area contributed by atoms with E-state index in [1.54, 1.807) is 0 Å². The van der Waals surface area contributed by atoms with Gasteiger partial charge in [-0.15, -0.1) is 0 Å². The molecule has 0 nitrogen and oxygen atoms in total. The highest BCUT2D eigenvalue weighted by Crippen LogP contribution is 2.39. The summed E-state index contributed by atoms with van der Waals surface area (Å²) in [7, 11) is 1.23. The average molecular weight is 353 g/mol. The molecular formula is C16H26Cl2S2. The van der Waals surface area contributed by atoms with Crippen molar-refractivity contribution < 1.29 is 24.8 Å². The van der Waals surface area contributed by atoms with E-state index < -0.39 is 0 Å². The highest BCUT2D eigenvalue weighted by atomic mass is 35.5. The zero-order chi connectivity index (χ0) is 12.6. The normalized spacial score (nSPS) is 37.7. The van der Waals surface area contributed by atoms with Crippen LogP contribution < -0.4 is 24.8 Å². The van der Waals surface area contributed by atoms with Gasteiger partial charge < -0.3 is 24.8 Å². The second kappa shape index (κ2) is 7.35. The van der Waals surface area contributed by atoms with Crippen LogP contribution in [0.15, 0.2) is 24.3 Å². The van der Waals surface area contributed by atoms with Gasteiger partial charge in [0.2, 0.25) is 0 Å². The second-order valence-electron chi connectivity index (χ2n) is 6.25. The lowest BCUT2D eigenvalue weighted by Gasteiger charge is -2.29. The fourth-order valence-corrected chi connectivity index (χ4v) is 8.77. The molecule has 4 heteroatoms. The van der Waals surface area contributed by atoms with E-state index in [0.29, 0.717) is 31.3 Å². The molecule has 3 aliphatic rings. The van der Waals surface area contributed by atoms with Crippen molar-refractivity contribution in [2.45, 2.75) is 49.0 Å². The first kappa shape index (κ1) is 18.8. The zero-order valence-corrected chi connectivity index (χ0v) is 15.7. The topological polar surface area (TPSA) is 0 Å². The molecule has 2 aliphatic heterocycles. The Kier molecular flexibility index (Phi) is 6.91. The monoisotopic (exact) mass is 352 g/mol. The third-order valence-electron chi connectivity index (χ3n) is 4.80. The van der Waals surface area contributed by atoms with E-state index in [4.69, 9.17) is 0 Å². The van der Waals surface area contributed by atoms with Crippen molar-refractivity contribution in [1.82, 2.24) is 0 Å². The maximum absolute atomic E-state index is 2.58. The van der Waals surface area contributed by atoms with Gasteiger partial charge in [0, 0.05) is 21.8 Å². The molecule has 3 rings (SSSR count). The van der Waals surface area contributed by atoms with Crippen LogP contribution in [-0.2, 0) is 21.8 Å². The number of hydrogen-bond donors (Lipinski definition) is 0. The lowest BCUT2D eigenvalue weighted by Crippen LogP contribution is -3.00. The molecular weight excluding hydrogens is 327 g/mol. The molecule has 0 amide bonds. The van der Waals surface area contributed by atoms with Gasteiger partial charge in [-0.25, -0.2) is 0 Å². The molecule has 0 aromatic rings. The lowest BCUT2D eigenvalue weighted by atomic mass is 9.97. The molecule has 0 aromatic heterocycles. The third-order valence-corrected chi connectivity index (χ3v) is 11.0. The first-order chi connectivity index (χ1) is 8.62. The van der Waals surface area contributed by atoms with E-state index in [1.807, 2.05) is 0 Å². The van der Waals surface area contributed by atoms with E-state index in [0.717, 1.165) is 0 Å². The minimum atomic E-state index is 0. The van der Waals surface area contributed by atoms with Crippen molar-refractivity contribution in [2.24, 2.45) is 0 Å².